The molecule has 1 saturated carbocycles. The van der Waals surface area contributed by atoms with E-state index in [2.05, 4.69) is 5.32 Å². The zero-order valence-electron chi connectivity index (χ0n) is 18.4. The molecule has 1 aliphatic carbocycles. The average molecular weight is 439 g/mol. The molecule has 32 heavy (non-hydrogen) atoms. The number of carbonyl (C=O) groups excluding carboxylic acids is 2. The summed E-state index contributed by atoms with van der Waals surface area (Å²) < 4.78 is 19.3. The van der Waals surface area contributed by atoms with Gasteiger partial charge in [0.2, 0.25) is 11.8 Å². The highest BCUT2D eigenvalue weighted by Crippen LogP contribution is 2.27. The maximum absolute atomic E-state index is 13.1. The van der Waals surface area contributed by atoms with Crippen molar-refractivity contribution in [1.82, 2.24) is 10.2 Å². The molecule has 2 aromatic rings. The fraction of sp³-hybridized carbons (Fsp3) is 0.462. The number of nitrogens with zero attached hydrogens (tertiary/aromatic N) is 1. The van der Waals surface area contributed by atoms with Crippen molar-refractivity contribution < 1.29 is 18.7 Å². The molecule has 0 spiro atoms. The second-order valence-electron chi connectivity index (χ2n) is 8.83. The Kier molecular flexibility index (Phi) is 7.40. The normalized spacial score (nSPS) is 19.0. The van der Waals surface area contributed by atoms with Crippen molar-refractivity contribution in [1.29, 1.82) is 0 Å². The van der Waals surface area contributed by atoms with Crippen molar-refractivity contribution >= 4 is 11.8 Å². The quantitative estimate of drug-likeness (QED) is 0.703. The van der Waals surface area contributed by atoms with Crippen molar-refractivity contribution in [2.24, 2.45) is 5.92 Å². The van der Waals surface area contributed by atoms with Gasteiger partial charge in [-0.15, -0.1) is 0 Å². The number of hydrogen-bond donors (Lipinski definition) is 1. The van der Waals surface area contributed by atoms with E-state index in [1.165, 1.54) is 25.0 Å². The topological polar surface area (TPSA) is 58.6 Å². The SMILES string of the molecule is O=C(NCc1ccccc1OC1CCCC1)C1CCCN(C(=O)Cc2ccc(F)cc2)C1. The third-order valence-electron chi connectivity index (χ3n) is 6.44. The molecule has 0 radical (unpaired) electrons. The molecule has 5 nitrogen and oxygen atoms in total. The Morgan fingerprint density at radius 2 is 1.75 bits per heavy atom. The molecule has 1 unspecified atom stereocenters. The molecular weight excluding hydrogens is 407 g/mol. The molecule has 0 bridgehead atoms. The van der Waals surface area contributed by atoms with Crippen LogP contribution in [0.4, 0.5) is 4.39 Å². The maximum Gasteiger partial charge on any atom is 0.227 e. The predicted molar refractivity (Wildman–Crippen MR) is 121 cm³/mol. The Bertz CT molecular complexity index is 925. The van der Waals surface area contributed by atoms with E-state index in [1.54, 1.807) is 17.0 Å². The van der Waals surface area contributed by atoms with Gasteiger partial charge in [-0.2, -0.15) is 0 Å². The first-order valence-electron chi connectivity index (χ1n) is 11.6. The molecule has 1 N–H and O–H groups in total. The summed E-state index contributed by atoms with van der Waals surface area (Å²) in [5.74, 6) is 0.263. The number of benzene rings is 2. The second kappa shape index (κ2) is 10.6. The molecule has 6 heteroatoms. The van der Waals surface area contributed by atoms with Crippen molar-refractivity contribution in [3.63, 3.8) is 0 Å². The van der Waals surface area contributed by atoms with Crippen molar-refractivity contribution in [2.45, 2.75) is 57.6 Å². The summed E-state index contributed by atoms with van der Waals surface area (Å²) in [6.45, 7) is 1.50. The molecule has 1 atom stereocenters. The van der Waals surface area contributed by atoms with Gasteiger partial charge in [0.15, 0.2) is 0 Å². The lowest BCUT2D eigenvalue weighted by atomic mass is 9.96. The van der Waals surface area contributed by atoms with E-state index >= 15 is 0 Å². The summed E-state index contributed by atoms with van der Waals surface area (Å²) in [7, 11) is 0. The van der Waals surface area contributed by atoms with E-state index in [9.17, 15) is 14.0 Å². The molecular formula is C26H31FN2O3. The second-order valence-corrected chi connectivity index (χ2v) is 8.83. The number of halogens is 1. The van der Waals surface area contributed by atoms with Gasteiger partial charge >= 0.3 is 0 Å². The van der Waals surface area contributed by atoms with Crippen molar-refractivity contribution in [2.75, 3.05) is 13.1 Å². The predicted octanol–water partition coefficient (Wildman–Crippen LogP) is 4.24. The number of carbonyl (C=O) groups is 2. The van der Waals surface area contributed by atoms with Gasteiger partial charge < -0.3 is 15.0 Å². The van der Waals surface area contributed by atoms with Crippen LogP contribution in [0.15, 0.2) is 48.5 Å². The summed E-state index contributed by atoms with van der Waals surface area (Å²) in [6.07, 6.45) is 6.66. The van der Waals surface area contributed by atoms with Gasteiger partial charge in [0.1, 0.15) is 11.6 Å². The monoisotopic (exact) mass is 438 g/mol. The van der Waals surface area contributed by atoms with Crippen LogP contribution in [-0.2, 0) is 22.6 Å². The number of para-hydroxylation sites is 1. The lowest BCUT2D eigenvalue weighted by Crippen LogP contribution is -2.45. The first-order valence-corrected chi connectivity index (χ1v) is 11.6. The largest absolute Gasteiger partial charge is 0.490 e. The molecule has 1 heterocycles. The molecule has 1 saturated heterocycles. The molecule has 2 aliphatic rings. The Morgan fingerprint density at radius 3 is 2.53 bits per heavy atom. The van der Waals surface area contributed by atoms with Gasteiger partial charge in [-0.25, -0.2) is 4.39 Å². The summed E-state index contributed by atoms with van der Waals surface area (Å²) in [5.41, 5.74) is 1.76. The molecule has 2 aromatic carbocycles. The van der Waals surface area contributed by atoms with E-state index in [0.717, 1.165) is 42.6 Å². The fourth-order valence-electron chi connectivity index (χ4n) is 4.58. The number of piperidine rings is 1. The smallest absolute Gasteiger partial charge is 0.227 e. The van der Waals surface area contributed by atoms with Crippen molar-refractivity contribution in [3.8, 4) is 5.75 Å². The van der Waals surface area contributed by atoms with Crippen molar-refractivity contribution in [3.05, 3.63) is 65.5 Å². The minimum atomic E-state index is -0.314. The van der Waals surface area contributed by atoms with Gasteiger partial charge in [-0.05, 0) is 62.3 Å². The fourth-order valence-corrected chi connectivity index (χ4v) is 4.58. The van der Waals surface area contributed by atoms with E-state index in [4.69, 9.17) is 4.74 Å². The first kappa shape index (κ1) is 22.3. The molecule has 0 aromatic heterocycles. The average Bonchev–Trinajstić information content (AvgIpc) is 3.33. The Balaban J connectivity index is 1.30. The van der Waals surface area contributed by atoms with E-state index in [-0.39, 0.29) is 36.1 Å². The molecule has 2 amide bonds. The Hall–Kier alpha value is -2.89. The zero-order chi connectivity index (χ0) is 22.3. The number of likely N-dealkylation sites (tertiary alicyclic amines) is 1. The van der Waals surface area contributed by atoms with Crippen LogP contribution in [0.3, 0.4) is 0 Å². The van der Waals surface area contributed by atoms with Gasteiger partial charge in [0.25, 0.3) is 0 Å². The van der Waals surface area contributed by atoms with E-state index < -0.39 is 0 Å². The third-order valence-corrected chi connectivity index (χ3v) is 6.44. The lowest BCUT2D eigenvalue weighted by Gasteiger charge is -2.32. The number of ether oxygens (including phenoxy) is 1. The Morgan fingerprint density at radius 1 is 1.00 bits per heavy atom. The van der Waals surface area contributed by atoms with Gasteiger partial charge in [-0.3, -0.25) is 9.59 Å². The summed E-state index contributed by atoms with van der Waals surface area (Å²) in [6, 6.07) is 13.9. The van der Waals surface area contributed by atoms with Crippen LogP contribution in [-0.4, -0.2) is 35.9 Å². The van der Waals surface area contributed by atoms with E-state index in [1.807, 2.05) is 24.3 Å². The minimum Gasteiger partial charge on any atom is -0.490 e. The molecule has 1 aliphatic heterocycles. The van der Waals surface area contributed by atoms with E-state index in [0.29, 0.717) is 19.6 Å². The summed E-state index contributed by atoms with van der Waals surface area (Å²) in [5, 5.41) is 3.05. The summed E-state index contributed by atoms with van der Waals surface area (Å²) >= 11 is 0. The number of hydrogen-bond acceptors (Lipinski definition) is 3. The Labute approximate surface area is 188 Å². The van der Waals surface area contributed by atoms with Gasteiger partial charge in [0, 0.05) is 25.2 Å². The summed E-state index contributed by atoms with van der Waals surface area (Å²) in [4.78, 5) is 27.3. The van der Waals surface area contributed by atoms with Crippen LogP contribution >= 0.6 is 0 Å². The highest BCUT2D eigenvalue weighted by Gasteiger charge is 2.28. The number of rotatable bonds is 7. The molecule has 2 fully saturated rings. The van der Waals surface area contributed by atoms with Crippen LogP contribution in [0.2, 0.25) is 0 Å². The molecule has 4 rings (SSSR count). The number of nitrogens with one attached hydrogen (secondary N) is 1. The third kappa shape index (κ3) is 5.87. The number of amides is 2. The lowest BCUT2D eigenvalue weighted by molar-refractivity contribution is -0.135. The van der Waals surface area contributed by atoms with Crippen LogP contribution in [0.1, 0.15) is 49.7 Å². The highest BCUT2D eigenvalue weighted by atomic mass is 19.1. The zero-order valence-corrected chi connectivity index (χ0v) is 18.4. The van der Waals surface area contributed by atoms with Crippen LogP contribution in [0.5, 0.6) is 5.75 Å². The van der Waals surface area contributed by atoms with Gasteiger partial charge in [-0.1, -0.05) is 30.3 Å². The van der Waals surface area contributed by atoms with Gasteiger partial charge in [0.05, 0.1) is 18.4 Å². The first-order chi connectivity index (χ1) is 15.6. The molecule has 170 valence electrons. The van der Waals surface area contributed by atoms with Crippen LogP contribution in [0, 0.1) is 11.7 Å². The standard InChI is InChI=1S/C26H31FN2O3/c27-22-13-11-19(12-14-22)16-25(30)29-15-5-7-21(18-29)26(31)28-17-20-6-1-4-10-24(20)32-23-8-2-3-9-23/h1,4,6,10-14,21,23H,2-3,5,7-9,15-18H2,(H,28,31). The minimum absolute atomic E-state index is 0.0237. The van der Waals surface area contributed by atoms with Crippen LogP contribution < -0.4 is 10.1 Å². The van der Waals surface area contributed by atoms with Crippen LogP contribution in [0.25, 0.3) is 0 Å². The highest BCUT2D eigenvalue weighted by molar-refractivity contribution is 5.82. The maximum atomic E-state index is 13.1.